The van der Waals surface area contributed by atoms with Gasteiger partial charge in [-0.2, -0.15) is 0 Å². The van der Waals surface area contributed by atoms with Gasteiger partial charge in [0.1, 0.15) is 0 Å². The predicted octanol–water partition coefficient (Wildman–Crippen LogP) is 0.609. The summed E-state index contributed by atoms with van der Waals surface area (Å²) in [4.78, 5) is 25.7. The Labute approximate surface area is 122 Å². The highest BCUT2D eigenvalue weighted by Crippen LogP contribution is 2.23. The molecule has 0 aromatic heterocycles. The molecule has 0 atom stereocenters. The van der Waals surface area contributed by atoms with E-state index in [1.165, 1.54) is 23.1 Å². The van der Waals surface area contributed by atoms with Gasteiger partial charge in [0.15, 0.2) is 0 Å². The number of carbonyl (C=O) groups is 1. The van der Waals surface area contributed by atoms with Crippen molar-refractivity contribution in [2.24, 2.45) is 0 Å². The number of amides is 1. The molecular weight excluding hydrogens is 282 g/mol. The van der Waals surface area contributed by atoms with Crippen LogP contribution < -0.4 is 4.90 Å². The molecule has 0 aliphatic carbocycles. The molecule has 2 rings (SSSR count). The molecule has 1 N–H and O–H groups in total. The molecule has 0 unspecified atom stereocenters. The van der Waals surface area contributed by atoms with Crippen molar-refractivity contribution >= 4 is 23.2 Å². The number of hydrogen-bond donors (Lipinski definition) is 1. The molecule has 6 nitrogen and oxygen atoms in total. The number of piperazine rings is 1. The Bertz CT molecular complexity index is 528. The second-order valence-corrected chi connectivity index (χ2v) is 5.22. The van der Waals surface area contributed by atoms with Gasteiger partial charge in [-0.1, -0.05) is 11.6 Å². The zero-order valence-electron chi connectivity index (χ0n) is 11.3. The zero-order valence-corrected chi connectivity index (χ0v) is 12.0. The molecule has 1 heterocycles. The van der Waals surface area contributed by atoms with Gasteiger partial charge in [0.25, 0.3) is 11.6 Å². The maximum atomic E-state index is 12.4. The third-order valence-corrected chi connectivity index (χ3v) is 3.96. The van der Waals surface area contributed by atoms with Crippen LogP contribution in [0.4, 0.5) is 5.69 Å². The molecule has 1 amide bonds. The Morgan fingerprint density at radius 1 is 1.45 bits per heavy atom. The van der Waals surface area contributed by atoms with E-state index in [-0.39, 0.29) is 16.6 Å². The summed E-state index contributed by atoms with van der Waals surface area (Å²) in [7, 11) is 0. The van der Waals surface area contributed by atoms with E-state index in [2.05, 4.69) is 6.92 Å². The third kappa shape index (κ3) is 3.08. The van der Waals surface area contributed by atoms with Crippen LogP contribution >= 0.6 is 11.6 Å². The zero-order chi connectivity index (χ0) is 14.7. The van der Waals surface area contributed by atoms with Gasteiger partial charge in [0, 0.05) is 12.1 Å². The highest BCUT2D eigenvalue weighted by atomic mass is 35.5. The van der Waals surface area contributed by atoms with E-state index in [4.69, 9.17) is 11.6 Å². The Morgan fingerprint density at radius 3 is 2.60 bits per heavy atom. The maximum Gasteiger partial charge on any atom is 0.270 e. The van der Waals surface area contributed by atoms with Gasteiger partial charge < -0.3 is 9.80 Å². The fourth-order valence-corrected chi connectivity index (χ4v) is 2.60. The summed E-state index contributed by atoms with van der Waals surface area (Å²) in [5.74, 6) is -0.153. The van der Waals surface area contributed by atoms with Crippen molar-refractivity contribution in [2.45, 2.75) is 6.92 Å². The average Bonchev–Trinajstić information content (AvgIpc) is 2.46. The van der Waals surface area contributed by atoms with Crippen molar-refractivity contribution in [1.29, 1.82) is 0 Å². The van der Waals surface area contributed by atoms with Crippen LogP contribution in [-0.4, -0.2) is 48.5 Å². The molecule has 1 saturated heterocycles. The number of quaternary nitrogens is 1. The molecule has 1 aliphatic heterocycles. The van der Waals surface area contributed by atoms with Crippen LogP contribution in [0.25, 0.3) is 0 Å². The van der Waals surface area contributed by atoms with E-state index in [0.29, 0.717) is 18.7 Å². The molecule has 0 spiro atoms. The molecule has 1 aromatic carbocycles. The predicted molar refractivity (Wildman–Crippen MR) is 75.2 cm³/mol. The first-order valence-electron chi connectivity index (χ1n) is 6.59. The lowest BCUT2D eigenvalue weighted by Gasteiger charge is -2.31. The van der Waals surface area contributed by atoms with Crippen molar-refractivity contribution in [2.75, 3.05) is 32.7 Å². The van der Waals surface area contributed by atoms with Gasteiger partial charge in [-0.05, 0) is 13.0 Å². The number of non-ortho nitro benzene ring substituents is 1. The summed E-state index contributed by atoms with van der Waals surface area (Å²) < 4.78 is 0. The van der Waals surface area contributed by atoms with Crippen molar-refractivity contribution < 1.29 is 14.6 Å². The summed E-state index contributed by atoms with van der Waals surface area (Å²) in [6.45, 7) is 6.41. The lowest BCUT2D eigenvalue weighted by Crippen LogP contribution is -3.14. The average molecular weight is 299 g/mol. The molecule has 1 fully saturated rings. The third-order valence-electron chi connectivity index (χ3n) is 3.65. The molecule has 0 saturated carbocycles. The fraction of sp³-hybridized carbons (Fsp3) is 0.462. The van der Waals surface area contributed by atoms with E-state index in [1.807, 2.05) is 0 Å². The standard InChI is InChI=1S/C13H16ClN3O3/c1-2-15-5-7-16(8-6-15)13(18)11-4-3-10(17(19)20)9-12(11)14/h3-4,9H,2,5-8H2,1H3/p+1. The van der Waals surface area contributed by atoms with E-state index in [0.717, 1.165) is 19.6 Å². The van der Waals surface area contributed by atoms with Crippen LogP contribution in [0.15, 0.2) is 18.2 Å². The first-order valence-corrected chi connectivity index (χ1v) is 6.97. The quantitative estimate of drug-likeness (QED) is 0.657. The smallest absolute Gasteiger partial charge is 0.270 e. The molecule has 1 aromatic rings. The van der Waals surface area contributed by atoms with Gasteiger partial charge in [-0.15, -0.1) is 0 Å². The topological polar surface area (TPSA) is 67.9 Å². The summed E-state index contributed by atoms with van der Waals surface area (Å²) in [6.07, 6.45) is 0. The first-order chi connectivity index (χ1) is 9.52. The summed E-state index contributed by atoms with van der Waals surface area (Å²) in [5, 5.41) is 10.8. The normalized spacial score (nSPS) is 16.2. The van der Waals surface area contributed by atoms with Crippen molar-refractivity contribution in [3.05, 3.63) is 38.9 Å². The summed E-state index contributed by atoms with van der Waals surface area (Å²) in [6, 6.07) is 3.97. The lowest BCUT2D eigenvalue weighted by molar-refractivity contribution is -0.902. The van der Waals surface area contributed by atoms with Gasteiger partial charge in [-0.25, -0.2) is 0 Å². The second kappa shape index (κ2) is 6.19. The molecule has 0 radical (unpaired) electrons. The minimum Gasteiger partial charge on any atom is -0.332 e. The van der Waals surface area contributed by atoms with Crippen LogP contribution in [-0.2, 0) is 0 Å². The van der Waals surface area contributed by atoms with Gasteiger partial charge in [0.05, 0.1) is 48.2 Å². The summed E-state index contributed by atoms with van der Waals surface area (Å²) >= 11 is 5.99. The Hall–Kier alpha value is -1.66. The second-order valence-electron chi connectivity index (χ2n) is 4.82. The van der Waals surface area contributed by atoms with Crippen LogP contribution in [0.1, 0.15) is 17.3 Å². The molecule has 1 aliphatic rings. The number of hydrogen-bond acceptors (Lipinski definition) is 3. The van der Waals surface area contributed by atoms with Gasteiger partial charge in [0.2, 0.25) is 0 Å². The van der Waals surface area contributed by atoms with Crippen molar-refractivity contribution in [1.82, 2.24) is 4.90 Å². The highest BCUT2D eigenvalue weighted by molar-refractivity contribution is 6.34. The number of carbonyl (C=O) groups excluding carboxylic acids is 1. The summed E-state index contributed by atoms with van der Waals surface area (Å²) in [5.41, 5.74) is 0.226. The largest absolute Gasteiger partial charge is 0.332 e. The molecule has 7 heteroatoms. The minimum atomic E-state index is -0.524. The fourth-order valence-electron chi connectivity index (χ4n) is 2.34. The number of likely N-dealkylation sites (N-methyl/N-ethyl adjacent to an activating group) is 1. The number of rotatable bonds is 3. The number of nitrogens with one attached hydrogen (secondary N) is 1. The van der Waals surface area contributed by atoms with Crippen LogP contribution in [0.3, 0.4) is 0 Å². The van der Waals surface area contributed by atoms with E-state index >= 15 is 0 Å². The number of nitrogens with zero attached hydrogens (tertiary/aromatic N) is 2. The molecular formula is C13H17ClN3O3+. The molecule has 20 heavy (non-hydrogen) atoms. The number of benzene rings is 1. The van der Waals surface area contributed by atoms with Crippen LogP contribution in [0.2, 0.25) is 5.02 Å². The number of nitro benzene ring substituents is 1. The Morgan fingerprint density at radius 2 is 2.10 bits per heavy atom. The van der Waals surface area contributed by atoms with Gasteiger partial charge >= 0.3 is 0 Å². The van der Waals surface area contributed by atoms with E-state index < -0.39 is 4.92 Å². The SMILES string of the molecule is CC[NH+]1CCN(C(=O)c2ccc([N+](=O)[O-])cc2Cl)CC1. The van der Waals surface area contributed by atoms with E-state index in [1.54, 1.807) is 4.90 Å². The van der Waals surface area contributed by atoms with E-state index in [9.17, 15) is 14.9 Å². The highest BCUT2D eigenvalue weighted by Gasteiger charge is 2.25. The monoisotopic (exact) mass is 298 g/mol. The number of halogens is 1. The van der Waals surface area contributed by atoms with Crippen molar-refractivity contribution in [3.8, 4) is 0 Å². The molecule has 0 bridgehead atoms. The first kappa shape index (κ1) is 14.7. The van der Waals surface area contributed by atoms with Gasteiger partial charge in [-0.3, -0.25) is 14.9 Å². The van der Waals surface area contributed by atoms with Crippen LogP contribution in [0, 0.1) is 10.1 Å². The molecule has 108 valence electrons. The maximum absolute atomic E-state index is 12.4. The Kier molecular flexibility index (Phi) is 4.57. The number of nitro groups is 1. The Balaban J connectivity index is 2.12. The van der Waals surface area contributed by atoms with Crippen LogP contribution in [0.5, 0.6) is 0 Å². The van der Waals surface area contributed by atoms with Crippen molar-refractivity contribution in [3.63, 3.8) is 0 Å². The minimum absolute atomic E-state index is 0.105. The lowest BCUT2D eigenvalue weighted by atomic mass is 10.1.